The molecule has 0 amide bonds. The molecular formula is C44H61N2O6+. The van der Waals surface area contributed by atoms with Gasteiger partial charge in [0, 0.05) is 22.5 Å². The normalized spacial score (nSPS) is 36.8. The molecule has 8 nitrogen and oxygen atoms in total. The number of allylic oxidation sites excluding steroid dienone is 2. The van der Waals surface area contributed by atoms with Crippen LogP contribution in [0.25, 0.3) is 11.5 Å². The zero-order valence-electron chi connectivity index (χ0n) is 33.0. The number of rotatable bonds is 8. The molecule has 1 aromatic heterocycles. The van der Waals surface area contributed by atoms with E-state index in [0.29, 0.717) is 42.4 Å². The number of ether oxygens (including phenoxy) is 1. The van der Waals surface area contributed by atoms with Gasteiger partial charge in [0.05, 0.1) is 17.3 Å². The van der Waals surface area contributed by atoms with Gasteiger partial charge in [0.2, 0.25) is 0 Å². The SMILES string of the molecule is CC(C)C1=C2[C@H]3CC[C@@H]4[C@@]5(C)CC[C@H](OC(=O)CC(C)(C)C(=O)O)C(C)(C)[C@@H]5CC[C@@]4(C)[C@]3(C)CC[C@@]2(C[n+]2coc(-c3ccccc3)n2)CC1=O. The molecule has 5 aliphatic carbocycles. The van der Waals surface area contributed by atoms with Crippen molar-refractivity contribution in [2.24, 2.45) is 56.2 Å². The predicted molar refractivity (Wildman–Crippen MR) is 197 cm³/mol. The lowest BCUT2D eigenvalue weighted by molar-refractivity contribution is -0.764. The van der Waals surface area contributed by atoms with Gasteiger partial charge in [-0.3, -0.25) is 14.4 Å². The third kappa shape index (κ3) is 5.46. The summed E-state index contributed by atoms with van der Waals surface area (Å²) >= 11 is 0. The molecule has 0 spiro atoms. The Morgan fingerprint density at radius 2 is 1.67 bits per heavy atom. The van der Waals surface area contributed by atoms with Crippen molar-refractivity contribution in [3.05, 3.63) is 47.9 Å². The summed E-state index contributed by atoms with van der Waals surface area (Å²) in [7, 11) is 0. The van der Waals surface area contributed by atoms with Gasteiger partial charge in [-0.15, -0.1) is 0 Å². The van der Waals surface area contributed by atoms with Crippen LogP contribution in [0.4, 0.5) is 0 Å². The summed E-state index contributed by atoms with van der Waals surface area (Å²) in [6.45, 7) is 20.5. The van der Waals surface area contributed by atoms with E-state index in [9.17, 15) is 19.5 Å². The molecule has 0 unspecified atom stereocenters. The zero-order valence-corrected chi connectivity index (χ0v) is 33.0. The number of carboxylic acid groups (broad SMARTS) is 1. The van der Waals surface area contributed by atoms with Gasteiger partial charge < -0.3 is 14.3 Å². The van der Waals surface area contributed by atoms with Crippen molar-refractivity contribution >= 4 is 17.7 Å². The second-order valence-corrected chi connectivity index (χ2v) is 19.8. The lowest BCUT2D eigenvalue weighted by atomic mass is 9.33. The zero-order chi connectivity index (χ0) is 37.6. The second-order valence-electron chi connectivity index (χ2n) is 19.8. The lowest BCUT2D eigenvalue weighted by Gasteiger charge is -2.72. The first-order valence-electron chi connectivity index (χ1n) is 19.9. The Labute approximate surface area is 310 Å². The standard InChI is InChI=1S/C44H60N2O6/c1-27(2)35-30(47)23-44(25-46-26-51-37(45-46)28-13-11-10-12-14-28)22-21-42(8)29(36(35)44)15-16-32-41(7)19-18-33(52-34(48)24-39(3,4)38(49)50)40(5,6)31(41)17-20-43(32,42)9/h10-14,26-27,29,31-33H,15-25H2,1-9H3/p+1/t29-,31+,32-,33+,41+,42-,43-,44+/m1/s1. The van der Waals surface area contributed by atoms with Crippen molar-refractivity contribution in [2.75, 3.05) is 0 Å². The number of benzene rings is 1. The van der Waals surface area contributed by atoms with Gasteiger partial charge in [0.15, 0.2) is 12.3 Å². The fourth-order valence-electron chi connectivity index (χ4n) is 13.1. The summed E-state index contributed by atoms with van der Waals surface area (Å²) < 4.78 is 14.1. The first-order valence-corrected chi connectivity index (χ1v) is 19.9. The van der Waals surface area contributed by atoms with Crippen LogP contribution in [0.5, 0.6) is 0 Å². The number of fused-ring (bicyclic) bond motifs is 7. The number of Topliss-reactive ketones (excluding diaryl/α,β-unsaturated/α-hetero) is 1. The van der Waals surface area contributed by atoms with E-state index in [0.717, 1.165) is 62.5 Å². The Balaban J connectivity index is 1.18. The number of carbonyl (C=O) groups is 3. The van der Waals surface area contributed by atoms with Crippen molar-refractivity contribution in [3.8, 4) is 11.5 Å². The molecule has 1 N–H and O–H groups in total. The highest BCUT2D eigenvalue weighted by Crippen LogP contribution is 2.76. The maximum Gasteiger partial charge on any atom is 0.362 e. The number of ketones is 1. The number of hydrogen-bond donors (Lipinski definition) is 1. The van der Waals surface area contributed by atoms with Gasteiger partial charge in [0.25, 0.3) is 5.89 Å². The fourth-order valence-corrected chi connectivity index (χ4v) is 13.1. The van der Waals surface area contributed by atoms with E-state index < -0.39 is 17.4 Å². The number of hydrogen-bond acceptors (Lipinski definition) is 6. The largest absolute Gasteiger partial charge is 0.481 e. The summed E-state index contributed by atoms with van der Waals surface area (Å²) in [4.78, 5) is 38.9. The molecule has 5 aliphatic rings. The van der Waals surface area contributed by atoms with Crippen LogP contribution in [0.3, 0.4) is 0 Å². The minimum absolute atomic E-state index is 0.0487. The van der Waals surface area contributed by atoms with Gasteiger partial charge in [-0.1, -0.05) is 71.3 Å². The number of aliphatic carboxylic acids is 1. The van der Waals surface area contributed by atoms with Gasteiger partial charge in [-0.05, 0) is 128 Å². The number of carbonyl (C=O) groups excluding carboxylic acids is 2. The monoisotopic (exact) mass is 713 g/mol. The van der Waals surface area contributed by atoms with Crippen molar-refractivity contribution < 1.29 is 33.3 Å². The molecule has 52 heavy (non-hydrogen) atoms. The lowest BCUT2D eigenvalue weighted by Crippen LogP contribution is -2.66. The Bertz CT molecular complexity index is 1790. The van der Waals surface area contributed by atoms with Crippen molar-refractivity contribution in [3.63, 3.8) is 0 Å². The molecule has 0 radical (unpaired) electrons. The summed E-state index contributed by atoms with van der Waals surface area (Å²) in [6, 6.07) is 10.0. The molecule has 4 saturated carbocycles. The molecule has 2 aromatic rings. The average molecular weight is 714 g/mol. The van der Waals surface area contributed by atoms with Crippen LogP contribution in [-0.2, 0) is 25.7 Å². The molecule has 1 aromatic carbocycles. The van der Waals surface area contributed by atoms with Gasteiger partial charge in [-0.25, -0.2) is 0 Å². The molecule has 0 bridgehead atoms. The van der Waals surface area contributed by atoms with Gasteiger partial charge >= 0.3 is 18.3 Å². The van der Waals surface area contributed by atoms with E-state index in [1.54, 1.807) is 20.2 Å². The summed E-state index contributed by atoms with van der Waals surface area (Å²) in [6.07, 6.45) is 10.2. The number of esters is 1. The molecule has 1 heterocycles. The highest BCUT2D eigenvalue weighted by Gasteiger charge is 2.70. The molecule has 8 heteroatoms. The van der Waals surface area contributed by atoms with Gasteiger partial charge in [-0.2, -0.15) is 0 Å². The maximum atomic E-state index is 14.1. The van der Waals surface area contributed by atoms with Crippen LogP contribution >= 0.6 is 0 Å². The molecule has 4 fully saturated rings. The van der Waals surface area contributed by atoms with Crippen molar-refractivity contribution in [2.45, 2.75) is 139 Å². The van der Waals surface area contributed by atoms with Crippen molar-refractivity contribution in [1.29, 1.82) is 0 Å². The smallest absolute Gasteiger partial charge is 0.362 e. The molecule has 0 aliphatic heterocycles. The van der Waals surface area contributed by atoms with Gasteiger partial charge in [0.1, 0.15) is 6.10 Å². The van der Waals surface area contributed by atoms with Crippen LogP contribution in [0.1, 0.15) is 127 Å². The average Bonchev–Trinajstić information content (AvgIpc) is 3.64. The topological polar surface area (TPSA) is 111 Å². The highest BCUT2D eigenvalue weighted by atomic mass is 16.5. The van der Waals surface area contributed by atoms with Crippen LogP contribution < -0.4 is 4.68 Å². The molecule has 7 rings (SSSR count). The Hall–Kier alpha value is -3.29. The van der Waals surface area contributed by atoms with Crippen LogP contribution in [0.15, 0.2) is 52.3 Å². The van der Waals surface area contributed by atoms with E-state index in [4.69, 9.17) is 14.3 Å². The van der Waals surface area contributed by atoms with Crippen LogP contribution in [-0.4, -0.2) is 34.0 Å². The minimum Gasteiger partial charge on any atom is -0.481 e. The second kappa shape index (κ2) is 12.4. The van der Waals surface area contributed by atoms with E-state index in [2.05, 4.69) is 48.5 Å². The third-order valence-corrected chi connectivity index (χ3v) is 15.9. The number of carboxylic acids is 1. The highest BCUT2D eigenvalue weighted by molar-refractivity contribution is 6.00. The van der Waals surface area contributed by atoms with E-state index in [1.807, 2.05) is 35.0 Å². The molecular weight excluding hydrogens is 652 g/mol. The summed E-state index contributed by atoms with van der Waals surface area (Å²) in [5.74, 6) is 0.963. The van der Waals surface area contributed by atoms with E-state index in [-0.39, 0.29) is 45.5 Å². The fraction of sp³-hybridized carbons (Fsp3) is 0.705. The number of nitrogens with zero attached hydrogens (tertiary/aromatic N) is 2. The minimum atomic E-state index is -1.16. The molecule has 282 valence electrons. The third-order valence-electron chi connectivity index (χ3n) is 15.9. The first kappa shape index (κ1) is 37.0. The van der Waals surface area contributed by atoms with E-state index in [1.165, 1.54) is 5.57 Å². The molecule has 8 atom stereocenters. The Morgan fingerprint density at radius 1 is 0.962 bits per heavy atom. The predicted octanol–water partition coefficient (Wildman–Crippen LogP) is 9.02. The Kier molecular flexibility index (Phi) is 8.82. The summed E-state index contributed by atoms with van der Waals surface area (Å²) in [5.41, 5.74) is 2.07. The summed E-state index contributed by atoms with van der Waals surface area (Å²) in [5, 5.41) is 14.5. The molecule has 0 saturated heterocycles. The van der Waals surface area contributed by atoms with Crippen molar-refractivity contribution in [1.82, 2.24) is 5.10 Å². The maximum absolute atomic E-state index is 14.1. The van der Waals surface area contributed by atoms with E-state index >= 15 is 0 Å². The first-order chi connectivity index (χ1) is 24.3. The quantitative estimate of drug-likeness (QED) is 0.215. The van der Waals surface area contributed by atoms with Crippen LogP contribution in [0.2, 0.25) is 0 Å². The Morgan fingerprint density at radius 3 is 2.35 bits per heavy atom. The number of aromatic nitrogens is 2. The van der Waals surface area contributed by atoms with Crippen LogP contribution in [0, 0.1) is 56.2 Å².